The Hall–Kier alpha value is -1.32. The quantitative estimate of drug-likeness (QED) is 0.786. The van der Waals surface area contributed by atoms with Crippen LogP contribution in [0.25, 0.3) is 16.6 Å². The van der Waals surface area contributed by atoms with Gasteiger partial charge >= 0.3 is 0 Å². The molecular weight excluding hydrogens is 234 g/mol. The predicted octanol–water partition coefficient (Wildman–Crippen LogP) is 2.94. The number of halogens is 1. The minimum absolute atomic E-state index is 0.548. The maximum atomic E-state index is 5.96. The van der Waals surface area contributed by atoms with Crippen molar-refractivity contribution >= 4 is 28.2 Å². The number of likely N-dealkylation sites (N-methyl/N-ethyl adjacent to an activating group) is 1. The van der Waals surface area contributed by atoms with Crippen molar-refractivity contribution in [3.63, 3.8) is 0 Å². The van der Waals surface area contributed by atoms with Gasteiger partial charge in [-0.05, 0) is 31.2 Å². The summed E-state index contributed by atoms with van der Waals surface area (Å²) in [4.78, 5) is 9.96. The summed E-state index contributed by atoms with van der Waals surface area (Å²) in [5, 5.41) is 0.548. The average Bonchev–Trinajstić information content (AvgIpc) is 2.73. The van der Waals surface area contributed by atoms with E-state index < -0.39 is 0 Å². The summed E-state index contributed by atoms with van der Waals surface area (Å²) >= 11 is 5.96. The topological polar surface area (TPSA) is 31.9 Å². The lowest BCUT2D eigenvalue weighted by atomic mass is 10.0. The summed E-state index contributed by atoms with van der Waals surface area (Å²) in [6.07, 6.45) is 5.37. The molecule has 0 unspecified atom stereocenters. The second-order valence-corrected chi connectivity index (χ2v) is 4.86. The van der Waals surface area contributed by atoms with Crippen molar-refractivity contribution in [1.29, 1.82) is 0 Å². The Morgan fingerprint density at radius 1 is 1.41 bits per heavy atom. The Bertz CT molecular complexity index is 585. The molecule has 3 heterocycles. The summed E-state index contributed by atoms with van der Waals surface area (Å²) in [5.41, 5.74) is 4.58. The van der Waals surface area contributed by atoms with E-state index in [1.54, 1.807) is 0 Å². The van der Waals surface area contributed by atoms with Crippen molar-refractivity contribution in [2.45, 2.75) is 6.42 Å². The first-order valence-electron chi connectivity index (χ1n) is 5.75. The zero-order valence-corrected chi connectivity index (χ0v) is 10.5. The molecule has 2 aromatic heterocycles. The molecule has 1 N–H and O–H groups in total. The first kappa shape index (κ1) is 10.8. The molecule has 4 heteroatoms. The first-order valence-corrected chi connectivity index (χ1v) is 6.13. The van der Waals surface area contributed by atoms with Crippen LogP contribution < -0.4 is 0 Å². The van der Waals surface area contributed by atoms with E-state index in [9.17, 15) is 0 Å². The number of nitrogens with zero attached hydrogens (tertiary/aromatic N) is 2. The number of fused-ring (bicyclic) bond motifs is 1. The highest BCUT2D eigenvalue weighted by molar-refractivity contribution is 6.29. The van der Waals surface area contributed by atoms with Crippen molar-refractivity contribution < 1.29 is 0 Å². The van der Waals surface area contributed by atoms with Gasteiger partial charge in [0, 0.05) is 24.8 Å². The number of hydrogen-bond donors (Lipinski definition) is 1. The van der Waals surface area contributed by atoms with E-state index in [1.807, 2.05) is 18.3 Å². The van der Waals surface area contributed by atoms with Gasteiger partial charge in [-0.15, -0.1) is 0 Å². The van der Waals surface area contributed by atoms with Gasteiger partial charge in [0.15, 0.2) is 0 Å². The fourth-order valence-corrected chi connectivity index (χ4v) is 2.38. The second kappa shape index (κ2) is 4.17. The van der Waals surface area contributed by atoms with Gasteiger partial charge in [-0.2, -0.15) is 0 Å². The van der Waals surface area contributed by atoms with Crippen LogP contribution in [0.3, 0.4) is 0 Å². The van der Waals surface area contributed by atoms with Crippen LogP contribution in [0.4, 0.5) is 0 Å². The van der Waals surface area contributed by atoms with Crippen molar-refractivity contribution in [1.82, 2.24) is 14.9 Å². The summed E-state index contributed by atoms with van der Waals surface area (Å²) in [6.45, 7) is 2.10. The Morgan fingerprint density at radius 2 is 2.29 bits per heavy atom. The number of H-pyrrole nitrogens is 1. The zero-order valence-electron chi connectivity index (χ0n) is 9.70. The van der Waals surface area contributed by atoms with Crippen molar-refractivity contribution in [2.75, 3.05) is 20.1 Å². The lowest BCUT2D eigenvalue weighted by molar-refractivity contribution is 0.370. The van der Waals surface area contributed by atoms with Crippen LogP contribution in [0.5, 0.6) is 0 Å². The summed E-state index contributed by atoms with van der Waals surface area (Å²) in [5.74, 6) is 0. The van der Waals surface area contributed by atoms with Crippen molar-refractivity contribution in [3.05, 3.63) is 35.1 Å². The van der Waals surface area contributed by atoms with Crippen LogP contribution in [-0.4, -0.2) is 35.0 Å². The van der Waals surface area contributed by atoms with Gasteiger partial charge < -0.3 is 9.88 Å². The largest absolute Gasteiger partial charge is 0.359 e. The van der Waals surface area contributed by atoms with Crippen molar-refractivity contribution in [2.24, 2.45) is 0 Å². The normalized spacial score (nSPS) is 17.4. The molecule has 0 spiro atoms. The van der Waals surface area contributed by atoms with Crippen LogP contribution in [0.2, 0.25) is 5.15 Å². The van der Waals surface area contributed by atoms with E-state index >= 15 is 0 Å². The molecule has 0 bridgehead atoms. The van der Waals surface area contributed by atoms with Gasteiger partial charge in [0.25, 0.3) is 0 Å². The van der Waals surface area contributed by atoms with Gasteiger partial charge in [-0.1, -0.05) is 17.7 Å². The Morgan fingerprint density at radius 3 is 3.06 bits per heavy atom. The third kappa shape index (κ3) is 1.96. The summed E-state index contributed by atoms with van der Waals surface area (Å²) < 4.78 is 0. The van der Waals surface area contributed by atoms with Crippen LogP contribution in [-0.2, 0) is 0 Å². The van der Waals surface area contributed by atoms with E-state index in [0.717, 1.165) is 30.5 Å². The van der Waals surface area contributed by atoms with E-state index in [2.05, 4.69) is 28.0 Å². The lowest BCUT2D eigenvalue weighted by Gasteiger charge is -2.21. The molecule has 0 aliphatic carbocycles. The molecule has 0 saturated heterocycles. The molecule has 1 aliphatic heterocycles. The molecule has 0 aromatic carbocycles. The van der Waals surface area contributed by atoms with Gasteiger partial charge in [0.05, 0.1) is 11.0 Å². The van der Waals surface area contributed by atoms with Crippen LogP contribution in [0.15, 0.2) is 24.4 Å². The Labute approximate surface area is 105 Å². The smallest absolute Gasteiger partial charge is 0.129 e. The minimum atomic E-state index is 0.548. The molecule has 0 saturated carbocycles. The molecular formula is C13H14ClN3. The van der Waals surface area contributed by atoms with Gasteiger partial charge in [0.1, 0.15) is 5.15 Å². The molecule has 1 aliphatic rings. The number of nitrogens with one attached hydrogen (secondary N) is 1. The van der Waals surface area contributed by atoms with Crippen LogP contribution in [0, 0.1) is 0 Å². The zero-order chi connectivity index (χ0) is 11.8. The van der Waals surface area contributed by atoms with Gasteiger partial charge in [-0.25, -0.2) is 4.98 Å². The molecule has 0 fully saturated rings. The molecule has 0 radical (unpaired) electrons. The molecule has 0 amide bonds. The third-order valence-electron chi connectivity index (χ3n) is 3.25. The molecule has 17 heavy (non-hydrogen) atoms. The highest BCUT2D eigenvalue weighted by Crippen LogP contribution is 2.28. The summed E-state index contributed by atoms with van der Waals surface area (Å²) in [6, 6.07) is 3.79. The first-order chi connectivity index (χ1) is 8.24. The maximum absolute atomic E-state index is 5.96. The fourth-order valence-electron chi connectivity index (χ4n) is 2.24. The van der Waals surface area contributed by atoms with E-state index in [0.29, 0.717) is 5.15 Å². The Kier molecular flexibility index (Phi) is 2.65. The molecule has 0 atom stereocenters. The highest BCUT2D eigenvalue weighted by atomic mass is 35.5. The average molecular weight is 248 g/mol. The number of aromatic amines is 1. The molecule has 3 rings (SSSR count). The number of aromatic nitrogens is 2. The maximum Gasteiger partial charge on any atom is 0.129 e. The molecule has 88 valence electrons. The predicted molar refractivity (Wildman–Crippen MR) is 71.2 cm³/mol. The number of rotatable bonds is 1. The van der Waals surface area contributed by atoms with Crippen LogP contribution >= 0.6 is 11.6 Å². The number of hydrogen-bond acceptors (Lipinski definition) is 2. The SMILES string of the molecule is CN1CC=C(c2c[nH]c3ccc(Cl)nc23)CC1. The van der Waals surface area contributed by atoms with E-state index in [-0.39, 0.29) is 0 Å². The molecule has 2 aromatic rings. The minimum Gasteiger partial charge on any atom is -0.359 e. The standard InChI is InChI=1S/C13H14ClN3/c1-17-6-4-9(5-7-17)10-8-15-11-2-3-12(14)16-13(10)11/h2-4,8,15H,5-7H2,1H3. The van der Waals surface area contributed by atoms with E-state index in [1.165, 1.54) is 11.1 Å². The molecule has 3 nitrogen and oxygen atoms in total. The third-order valence-corrected chi connectivity index (χ3v) is 3.46. The Balaban J connectivity index is 2.08. The van der Waals surface area contributed by atoms with E-state index in [4.69, 9.17) is 11.6 Å². The summed E-state index contributed by atoms with van der Waals surface area (Å²) in [7, 11) is 2.14. The second-order valence-electron chi connectivity index (χ2n) is 4.47. The van der Waals surface area contributed by atoms with Crippen molar-refractivity contribution in [3.8, 4) is 0 Å². The fraction of sp³-hybridized carbons (Fsp3) is 0.308. The van der Waals surface area contributed by atoms with Gasteiger partial charge in [-0.3, -0.25) is 0 Å². The highest BCUT2D eigenvalue weighted by Gasteiger charge is 2.14. The van der Waals surface area contributed by atoms with Gasteiger partial charge in [0.2, 0.25) is 0 Å². The number of pyridine rings is 1. The lowest BCUT2D eigenvalue weighted by Crippen LogP contribution is -2.23. The monoisotopic (exact) mass is 247 g/mol. The van der Waals surface area contributed by atoms with Crippen LogP contribution in [0.1, 0.15) is 12.0 Å².